The lowest BCUT2D eigenvalue weighted by Gasteiger charge is -2.34. The summed E-state index contributed by atoms with van der Waals surface area (Å²) in [7, 11) is -3.83. The number of anilines is 1. The van der Waals surface area contributed by atoms with Crippen LogP contribution in [0.4, 0.5) is 5.69 Å². The fourth-order valence-corrected chi connectivity index (χ4v) is 5.69. The average Bonchev–Trinajstić information content (AvgIpc) is 2.93. The first kappa shape index (κ1) is 32.3. The van der Waals surface area contributed by atoms with Crippen LogP contribution in [-0.4, -0.2) is 50.5 Å². The van der Waals surface area contributed by atoms with Gasteiger partial charge in [-0.2, -0.15) is 0 Å². The van der Waals surface area contributed by atoms with Crippen molar-refractivity contribution in [2.75, 3.05) is 23.7 Å². The van der Waals surface area contributed by atoms with Gasteiger partial charge in [-0.1, -0.05) is 104 Å². The van der Waals surface area contributed by atoms with Crippen molar-refractivity contribution in [2.45, 2.75) is 52.6 Å². The monoisotopic (exact) mass is 641 g/mol. The zero-order valence-electron chi connectivity index (χ0n) is 24.4. The zero-order chi connectivity index (χ0) is 30.2. The Morgan fingerprint density at radius 3 is 2.05 bits per heavy atom. The smallest absolute Gasteiger partial charge is 0.244 e. The van der Waals surface area contributed by atoms with Crippen LogP contribution >= 0.6 is 15.9 Å². The highest BCUT2D eigenvalue weighted by molar-refractivity contribution is 9.10. The number of rotatable bonds is 13. The number of sulfonamides is 1. The standard InChI is InChI=1S/C32H40BrN3O4S/c1-23(2)20-34-32(38)30(19-25-11-7-6-8-12-25)35(21-26-15-17-27(33)18-16-26)31(37)22-36(41(5,39)40)29-14-10-9-13-28(29)24(3)4/h6-18,23-24,30H,19-22H2,1-5H3,(H,34,38)/t30-/m1/s1. The molecule has 0 saturated heterocycles. The van der Waals surface area contributed by atoms with Crippen LogP contribution in [0.1, 0.15) is 50.3 Å². The van der Waals surface area contributed by atoms with E-state index >= 15 is 0 Å². The molecule has 0 fully saturated rings. The highest BCUT2D eigenvalue weighted by Crippen LogP contribution is 2.29. The molecule has 41 heavy (non-hydrogen) atoms. The molecular weight excluding hydrogens is 602 g/mol. The lowest BCUT2D eigenvalue weighted by Crippen LogP contribution is -2.53. The van der Waals surface area contributed by atoms with Crippen LogP contribution in [0.15, 0.2) is 83.3 Å². The minimum atomic E-state index is -3.83. The van der Waals surface area contributed by atoms with Gasteiger partial charge in [-0.3, -0.25) is 13.9 Å². The summed E-state index contributed by atoms with van der Waals surface area (Å²) < 4.78 is 28.3. The summed E-state index contributed by atoms with van der Waals surface area (Å²) in [5.41, 5.74) is 3.01. The molecule has 2 amide bonds. The molecule has 9 heteroatoms. The highest BCUT2D eigenvalue weighted by Gasteiger charge is 2.33. The molecule has 1 atom stereocenters. The lowest BCUT2D eigenvalue weighted by atomic mass is 10.0. The molecule has 0 aliphatic carbocycles. The molecule has 0 aromatic heterocycles. The van der Waals surface area contributed by atoms with Crippen LogP contribution in [-0.2, 0) is 32.6 Å². The van der Waals surface area contributed by atoms with Gasteiger partial charge in [0.05, 0.1) is 11.9 Å². The number of hydrogen-bond donors (Lipinski definition) is 1. The average molecular weight is 643 g/mol. The third kappa shape index (κ3) is 9.43. The Balaban J connectivity index is 2.08. The van der Waals surface area contributed by atoms with Gasteiger partial charge < -0.3 is 10.2 Å². The van der Waals surface area contributed by atoms with Gasteiger partial charge in [0.25, 0.3) is 0 Å². The lowest BCUT2D eigenvalue weighted by molar-refractivity contribution is -0.140. The fourth-order valence-electron chi connectivity index (χ4n) is 4.56. The fraction of sp³-hybridized carbons (Fsp3) is 0.375. The molecule has 3 aromatic carbocycles. The number of benzene rings is 3. The van der Waals surface area contributed by atoms with Crippen molar-refractivity contribution in [2.24, 2.45) is 5.92 Å². The van der Waals surface area contributed by atoms with Gasteiger partial charge in [-0.25, -0.2) is 8.42 Å². The molecule has 3 rings (SSSR count). The number of carbonyl (C=O) groups is 2. The summed E-state index contributed by atoms with van der Waals surface area (Å²) in [5.74, 6) is -0.476. The number of halogens is 1. The van der Waals surface area contributed by atoms with Crippen molar-refractivity contribution < 1.29 is 18.0 Å². The van der Waals surface area contributed by atoms with Crippen molar-refractivity contribution in [3.05, 3.63) is 100 Å². The quantitative estimate of drug-likeness (QED) is 0.257. The maximum Gasteiger partial charge on any atom is 0.244 e. The van der Waals surface area contributed by atoms with Crippen molar-refractivity contribution in [3.8, 4) is 0 Å². The summed E-state index contributed by atoms with van der Waals surface area (Å²) in [6.07, 6.45) is 1.39. The summed E-state index contributed by atoms with van der Waals surface area (Å²) in [5, 5.41) is 3.00. The molecule has 1 N–H and O–H groups in total. The van der Waals surface area contributed by atoms with Crippen molar-refractivity contribution in [1.82, 2.24) is 10.2 Å². The molecule has 220 valence electrons. The summed E-state index contributed by atoms with van der Waals surface area (Å²) in [6.45, 7) is 8.15. The van der Waals surface area contributed by atoms with Crippen LogP contribution in [0.2, 0.25) is 0 Å². The van der Waals surface area contributed by atoms with Gasteiger partial charge in [0.15, 0.2) is 0 Å². The molecule has 7 nitrogen and oxygen atoms in total. The van der Waals surface area contributed by atoms with E-state index in [1.807, 2.05) is 94.4 Å². The normalized spacial score (nSPS) is 12.3. The van der Waals surface area contributed by atoms with Crippen LogP contribution in [0.3, 0.4) is 0 Å². The van der Waals surface area contributed by atoms with Crippen LogP contribution in [0.25, 0.3) is 0 Å². The maximum atomic E-state index is 14.2. The van der Waals surface area contributed by atoms with E-state index in [9.17, 15) is 18.0 Å². The molecule has 0 aliphatic heterocycles. The van der Waals surface area contributed by atoms with E-state index in [0.29, 0.717) is 12.2 Å². The Labute approximate surface area is 253 Å². The molecule has 3 aromatic rings. The Hall–Kier alpha value is -3.17. The van der Waals surface area contributed by atoms with Crippen molar-refractivity contribution >= 4 is 43.5 Å². The first-order chi connectivity index (χ1) is 19.4. The topological polar surface area (TPSA) is 86.8 Å². The Bertz CT molecular complexity index is 1410. The number of nitrogens with one attached hydrogen (secondary N) is 1. The predicted octanol–water partition coefficient (Wildman–Crippen LogP) is 5.75. The largest absolute Gasteiger partial charge is 0.354 e. The maximum absolute atomic E-state index is 14.2. The highest BCUT2D eigenvalue weighted by atomic mass is 79.9. The number of hydrogen-bond acceptors (Lipinski definition) is 4. The van der Waals surface area contributed by atoms with E-state index in [4.69, 9.17) is 0 Å². The minimum absolute atomic E-state index is 0.0389. The van der Waals surface area contributed by atoms with Gasteiger partial charge in [0.1, 0.15) is 12.6 Å². The van der Waals surface area contributed by atoms with E-state index in [0.717, 1.165) is 31.7 Å². The van der Waals surface area contributed by atoms with E-state index in [2.05, 4.69) is 21.2 Å². The van der Waals surface area contributed by atoms with Gasteiger partial charge in [0, 0.05) is 24.0 Å². The first-order valence-corrected chi connectivity index (χ1v) is 16.4. The molecule has 0 bridgehead atoms. The van der Waals surface area contributed by atoms with Crippen LogP contribution < -0.4 is 9.62 Å². The predicted molar refractivity (Wildman–Crippen MR) is 169 cm³/mol. The number of para-hydroxylation sites is 1. The third-order valence-corrected chi connectivity index (χ3v) is 8.38. The zero-order valence-corrected chi connectivity index (χ0v) is 26.8. The molecule has 0 unspecified atom stereocenters. The summed E-state index contributed by atoms with van der Waals surface area (Å²) >= 11 is 3.45. The van der Waals surface area contributed by atoms with Crippen molar-refractivity contribution in [1.29, 1.82) is 0 Å². The van der Waals surface area contributed by atoms with E-state index < -0.39 is 28.5 Å². The molecular formula is C32H40BrN3O4S. The molecule has 0 radical (unpaired) electrons. The Morgan fingerprint density at radius 1 is 0.854 bits per heavy atom. The van der Waals surface area contributed by atoms with Gasteiger partial charge in [-0.05, 0) is 46.7 Å². The second kappa shape index (κ2) is 14.6. The van der Waals surface area contributed by atoms with E-state index in [-0.39, 0.29) is 30.7 Å². The Kier molecular flexibility index (Phi) is 11.5. The van der Waals surface area contributed by atoms with Gasteiger partial charge in [0.2, 0.25) is 21.8 Å². The molecule has 0 heterocycles. The van der Waals surface area contributed by atoms with Crippen LogP contribution in [0, 0.1) is 5.92 Å². The third-order valence-electron chi connectivity index (χ3n) is 6.73. The van der Waals surface area contributed by atoms with Crippen molar-refractivity contribution in [3.63, 3.8) is 0 Å². The second-order valence-electron chi connectivity index (χ2n) is 11.0. The number of nitrogens with zero attached hydrogens (tertiary/aromatic N) is 2. The number of amides is 2. The number of carbonyl (C=O) groups excluding carboxylic acids is 2. The van der Waals surface area contributed by atoms with Gasteiger partial charge >= 0.3 is 0 Å². The Morgan fingerprint density at radius 2 is 1.46 bits per heavy atom. The van der Waals surface area contributed by atoms with Crippen LogP contribution in [0.5, 0.6) is 0 Å². The van der Waals surface area contributed by atoms with Gasteiger partial charge in [-0.15, -0.1) is 0 Å². The SMILES string of the molecule is CC(C)CNC(=O)[C@@H](Cc1ccccc1)N(Cc1ccc(Br)cc1)C(=O)CN(c1ccccc1C(C)C)S(C)(=O)=O. The summed E-state index contributed by atoms with van der Waals surface area (Å²) in [4.78, 5) is 29.4. The summed E-state index contributed by atoms with van der Waals surface area (Å²) in [6, 6.07) is 23.4. The second-order valence-corrected chi connectivity index (χ2v) is 13.8. The van der Waals surface area contributed by atoms with E-state index in [1.165, 1.54) is 4.90 Å². The first-order valence-electron chi connectivity index (χ1n) is 13.8. The molecule has 0 aliphatic rings. The van der Waals surface area contributed by atoms with E-state index in [1.54, 1.807) is 12.1 Å². The minimum Gasteiger partial charge on any atom is -0.354 e. The molecule has 0 saturated carbocycles. The molecule has 0 spiro atoms.